The molecule has 96 valence electrons. The molecule has 1 N–H and O–H groups in total. The highest BCUT2D eigenvalue weighted by atomic mass is 16.4. The van der Waals surface area contributed by atoms with Gasteiger partial charge in [-0.3, -0.25) is 9.88 Å². The minimum absolute atomic E-state index is 0.152. The molecule has 1 aromatic heterocycles. The van der Waals surface area contributed by atoms with Crippen molar-refractivity contribution in [2.45, 2.75) is 32.9 Å². The minimum Gasteiger partial charge on any atom is -0.465 e. The minimum atomic E-state index is -1.04. The zero-order chi connectivity index (χ0) is 13.8. The highest BCUT2D eigenvalue weighted by Crippen LogP contribution is 2.23. The van der Waals surface area contributed by atoms with Gasteiger partial charge in [-0.1, -0.05) is 5.11 Å². The average molecular weight is 249 g/mol. The lowest BCUT2D eigenvalue weighted by Crippen LogP contribution is -2.45. The Morgan fingerprint density at radius 1 is 1.56 bits per heavy atom. The summed E-state index contributed by atoms with van der Waals surface area (Å²) in [5.41, 5.74) is 8.72. The number of nitrogens with zero attached hydrogens (tertiary/aromatic N) is 5. The molecule has 1 amide bonds. The molecule has 1 aromatic rings. The van der Waals surface area contributed by atoms with Crippen LogP contribution in [0.3, 0.4) is 0 Å². The third-order valence-electron chi connectivity index (χ3n) is 2.23. The lowest BCUT2D eigenvalue weighted by Gasteiger charge is -2.32. The first kappa shape index (κ1) is 13.8. The van der Waals surface area contributed by atoms with Gasteiger partial charge in [0, 0.05) is 16.1 Å². The topological polar surface area (TPSA) is 102 Å². The maximum Gasteiger partial charge on any atom is 0.412 e. The molecule has 0 aromatic carbocycles. The van der Waals surface area contributed by atoms with E-state index in [1.165, 1.54) is 11.1 Å². The molecular formula is C11H15N5O2. The second-order valence-electron chi connectivity index (χ2n) is 4.69. The van der Waals surface area contributed by atoms with Crippen molar-refractivity contribution in [3.8, 4) is 0 Å². The molecule has 7 heteroatoms. The fraction of sp³-hybridized carbons (Fsp3) is 0.455. The van der Waals surface area contributed by atoms with Gasteiger partial charge >= 0.3 is 6.09 Å². The molecule has 18 heavy (non-hydrogen) atoms. The van der Waals surface area contributed by atoms with E-state index < -0.39 is 11.6 Å². The predicted octanol–water partition coefficient (Wildman–Crippen LogP) is 3.17. The van der Waals surface area contributed by atoms with Gasteiger partial charge in [-0.25, -0.2) is 4.79 Å². The Bertz CT molecular complexity index is 471. The van der Waals surface area contributed by atoms with Crippen molar-refractivity contribution >= 4 is 11.8 Å². The Morgan fingerprint density at radius 3 is 2.61 bits per heavy atom. The van der Waals surface area contributed by atoms with Gasteiger partial charge in [-0.05, 0) is 38.4 Å². The number of hydrogen-bond donors (Lipinski definition) is 1. The van der Waals surface area contributed by atoms with Gasteiger partial charge in [0.05, 0.1) is 18.4 Å². The first-order valence-corrected chi connectivity index (χ1v) is 5.35. The van der Waals surface area contributed by atoms with Crippen LogP contribution < -0.4 is 4.90 Å². The number of rotatable bonds is 3. The van der Waals surface area contributed by atoms with Crippen LogP contribution in [0.2, 0.25) is 0 Å². The highest BCUT2D eigenvalue weighted by molar-refractivity contribution is 5.87. The van der Waals surface area contributed by atoms with Crippen LogP contribution in [-0.2, 0) is 6.54 Å². The molecule has 1 heterocycles. The van der Waals surface area contributed by atoms with Gasteiger partial charge in [-0.15, -0.1) is 0 Å². The summed E-state index contributed by atoms with van der Waals surface area (Å²) in [6.45, 7) is 5.55. The van der Waals surface area contributed by atoms with Gasteiger partial charge in [0.15, 0.2) is 0 Å². The van der Waals surface area contributed by atoms with E-state index >= 15 is 0 Å². The third-order valence-corrected chi connectivity index (χ3v) is 2.23. The lowest BCUT2D eigenvalue weighted by atomic mass is 10.1. The van der Waals surface area contributed by atoms with E-state index in [1.807, 2.05) is 0 Å². The summed E-state index contributed by atoms with van der Waals surface area (Å²) in [6.07, 6.45) is 0.425. The van der Waals surface area contributed by atoms with E-state index in [-0.39, 0.29) is 6.54 Å². The fourth-order valence-electron chi connectivity index (χ4n) is 1.53. The van der Waals surface area contributed by atoms with Crippen molar-refractivity contribution in [3.63, 3.8) is 0 Å². The number of aromatic nitrogens is 1. The number of carboxylic acid groups (broad SMARTS) is 1. The molecule has 0 fully saturated rings. The van der Waals surface area contributed by atoms with Crippen LogP contribution in [0.5, 0.6) is 0 Å². The monoisotopic (exact) mass is 249 g/mol. The van der Waals surface area contributed by atoms with Crippen LogP contribution >= 0.6 is 0 Å². The molecular weight excluding hydrogens is 234 g/mol. The largest absolute Gasteiger partial charge is 0.465 e. The number of carbonyl (C=O) groups is 1. The molecule has 0 aliphatic heterocycles. The van der Waals surface area contributed by atoms with Crippen molar-refractivity contribution in [2.24, 2.45) is 5.11 Å². The number of amides is 1. The van der Waals surface area contributed by atoms with Gasteiger partial charge < -0.3 is 5.11 Å². The lowest BCUT2D eigenvalue weighted by molar-refractivity contribution is 0.195. The number of azide groups is 1. The van der Waals surface area contributed by atoms with Crippen molar-refractivity contribution < 1.29 is 9.90 Å². The molecule has 0 saturated carbocycles. The summed E-state index contributed by atoms with van der Waals surface area (Å²) in [6, 6.07) is 3.29. The number of anilines is 1. The van der Waals surface area contributed by atoms with E-state index in [9.17, 15) is 9.90 Å². The van der Waals surface area contributed by atoms with E-state index in [4.69, 9.17) is 5.53 Å². The first-order valence-electron chi connectivity index (χ1n) is 5.35. The normalized spacial score (nSPS) is 10.6. The summed E-state index contributed by atoms with van der Waals surface area (Å²) in [5, 5.41) is 12.6. The van der Waals surface area contributed by atoms with Crippen LogP contribution in [0, 0.1) is 0 Å². The summed E-state index contributed by atoms with van der Waals surface area (Å²) in [5.74, 6) is 0. The highest BCUT2D eigenvalue weighted by Gasteiger charge is 2.27. The second kappa shape index (κ2) is 5.37. The Morgan fingerprint density at radius 2 is 2.22 bits per heavy atom. The van der Waals surface area contributed by atoms with Crippen LogP contribution in [0.25, 0.3) is 10.4 Å². The summed E-state index contributed by atoms with van der Waals surface area (Å²) in [4.78, 5) is 19.2. The maximum atomic E-state index is 11.2. The summed E-state index contributed by atoms with van der Waals surface area (Å²) < 4.78 is 0. The molecule has 0 unspecified atom stereocenters. The molecule has 0 spiro atoms. The molecule has 0 aliphatic rings. The van der Waals surface area contributed by atoms with Gasteiger partial charge in [-0.2, -0.15) is 0 Å². The van der Waals surface area contributed by atoms with Crippen molar-refractivity contribution in [1.82, 2.24) is 4.98 Å². The zero-order valence-electron chi connectivity index (χ0n) is 10.5. The summed E-state index contributed by atoms with van der Waals surface area (Å²) in [7, 11) is 0. The van der Waals surface area contributed by atoms with Crippen LogP contribution in [0.15, 0.2) is 23.4 Å². The molecule has 0 radical (unpaired) electrons. The molecule has 7 nitrogen and oxygen atoms in total. The van der Waals surface area contributed by atoms with Crippen molar-refractivity contribution in [3.05, 3.63) is 34.5 Å². The molecule has 0 atom stereocenters. The quantitative estimate of drug-likeness (QED) is 0.505. The average Bonchev–Trinajstić information content (AvgIpc) is 2.25. The molecule has 0 bridgehead atoms. The Labute approximate surface area is 105 Å². The molecule has 0 aliphatic carbocycles. The molecule has 0 saturated heterocycles. The first-order chi connectivity index (χ1) is 8.36. The van der Waals surface area contributed by atoms with E-state index in [1.54, 1.807) is 32.9 Å². The Kier molecular flexibility index (Phi) is 4.12. The smallest absolute Gasteiger partial charge is 0.412 e. The predicted molar refractivity (Wildman–Crippen MR) is 67.3 cm³/mol. The Balaban J connectivity index is 3.01. The zero-order valence-corrected chi connectivity index (χ0v) is 10.5. The van der Waals surface area contributed by atoms with Crippen LogP contribution in [-0.4, -0.2) is 21.7 Å². The van der Waals surface area contributed by atoms with E-state index in [0.29, 0.717) is 11.4 Å². The SMILES string of the molecule is CC(C)(C)N(C(=O)O)c1ccc(CN=[N+]=[N-])nc1. The van der Waals surface area contributed by atoms with Crippen LogP contribution in [0.1, 0.15) is 26.5 Å². The van der Waals surface area contributed by atoms with Gasteiger partial charge in [0.25, 0.3) is 0 Å². The molecule has 1 rings (SSSR count). The van der Waals surface area contributed by atoms with E-state index in [2.05, 4.69) is 15.0 Å². The standard InChI is InChI=1S/C11H15N5O2/c1-11(2,3)16(10(17)18)9-5-4-8(13-7-9)6-14-15-12/h4-5,7H,6H2,1-3H3,(H,17,18). The fourth-order valence-corrected chi connectivity index (χ4v) is 1.53. The number of hydrogen-bond acceptors (Lipinski definition) is 3. The van der Waals surface area contributed by atoms with E-state index in [0.717, 1.165) is 0 Å². The van der Waals surface area contributed by atoms with Crippen molar-refractivity contribution in [1.29, 1.82) is 0 Å². The van der Waals surface area contributed by atoms with Crippen molar-refractivity contribution in [2.75, 3.05) is 4.90 Å². The number of pyridine rings is 1. The van der Waals surface area contributed by atoms with Crippen LogP contribution in [0.4, 0.5) is 10.5 Å². The summed E-state index contributed by atoms with van der Waals surface area (Å²) >= 11 is 0. The second-order valence-corrected chi connectivity index (χ2v) is 4.69. The van der Waals surface area contributed by atoms with Gasteiger partial charge in [0.2, 0.25) is 0 Å². The Hall–Kier alpha value is -2.27. The van der Waals surface area contributed by atoms with Gasteiger partial charge in [0.1, 0.15) is 0 Å². The third kappa shape index (κ3) is 3.36. The maximum absolute atomic E-state index is 11.2.